The van der Waals surface area contributed by atoms with Crippen molar-refractivity contribution < 1.29 is 4.79 Å². The molecule has 1 aliphatic heterocycles. The van der Waals surface area contributed by atoms with Crippen LogP contribution >= 0.6 is 0 Å². The monoisotopic (exact) mass is 385 g/mol. The summed E-state index contributed by atoms with van der Waals surface area (Å²) in [6.07, 6.45) is 5.47. The zero-order valence-corrected chi connectivity index (χ0v) is 16.7. The van der Waals surface area contributed by atoms with Gasteiger partial charge in [-0.25, -0.2) is 4.68 Å². The van der Waals surface area contributed by atoms with E-state index in [1.165, 1.54) is 6.33 Å². The number of fused-ring (bicyclic) bond motifs is 1. The first kappa shape index (κ1) is 18.7. The van der Waals surface area contributed by atoms with E-state index in [0.717, 1.165) is 28.1 Å². The average molecular weight is 385 g/mol. The Kier molecular flexibility index (Phi) is 4.99. The molecule has 1 amide bonds. The van der Waals surface area contributed by atoms with Gasteiger partial charge in [-0.05, 0) is 38.0 Å². The lowest BCUT2D eigenvalue weighted by Gasteiger charge is -2.26. The van der Waals surface area contributed by atoms with Gasteiger partial charge in [-0.2, -0.15) is 10.1 Å². The van der Waals surface area contributed by atoms with Crippen LogP contribution in [0.15, 0.2) is 72.2 Å². The van der Waals surface area contributed by atoms with Crippen LogP contribution in [0.25, 0.3) is 6.08 Å². The molecule has 146 valence electrons. The molecule has 1 aliphatic rings. The Balaban J connectivity index is 1.68. The van der Waals surface area contributed by atoms with Gasteiger partial charge in [0.1, 0.15) is 12.4 Å². The normalized spacial score (nSPS) is 15.9. The third kappa shape index (κ3) is 3.82. The number of amides is 1. The van der Waals surface area contributed by atoms with Crippen molar-refractivity contribution >= 4 is 23.6 Å². The SMILES string of the molecule is CC1=C(C(=O)Nc2ccc(C)cc2C)C(C=Cc2ccccc2)n2ncnc2N1. The van der Waals surface area contributed by atoms with E-state index < -0.39 is 0 Å². The van der Waals surface area contributed by atoms with E-state index in [4.69, 9.17) is 0 Å². The molecule has 1 aromatic heterocycles. The Morgan fingerprint density at radius 3 is 2.69 bits per heavy atom. The van der Waals surface area contributed by atoms with Crippen LogP contribution in [0.2, 0.25) is 0 Å². The molecule has 1 unspecified atom stereocenters. The summed E-state index contributed by atoms with van der Waals surface area (Å²) in [6.45, 7) is 5.91. The van der Waals surface area contributed by atoms with Crippen LogP contribution in [0.3, 0.4) is 0 Å². The van der Waals surface area contributed by atoms with Crippen LogP contribution in [-0.4, -0.2) is 20.7 Å². The number of carbonyl (C=O) groups excluding carboxylic acids is 1. The Hall–Kier alpha value is -3.67. The molecule has 6 nitrogen and oxygen atoms in total. The molecule has 0 spiro atoms. The fraction of sp³-hybridized carbons (Fsp3) is 0.174. The predicted octanol–water partition coefficient (Wildman–Crippen LogP) is 4.49. The molecule has 4 rings (SSSR count). The predicted molar refractivity (Wildman–Crippen MR) is 115 cm³/mol. The van der Waals surface area contributed by atoms with E-state index in [1.54, 1.807) is 4.68 Å². The van der Waals surface area contributed by atoms with Crippen LogP contribution in [0, 0.1) is 13.8 Å². The topological polar surface area (TPSA) is 71.8 Å². The number of aromatic nitrogens is 3. The summed E-state index contributed by atoms with van der Waals surface area (Å²) in [4.78, 5) is 17.5. The Morgan fingerprint density at radius 1 is 1.14 bits per heavy atom. The highest BCUT2D eigenvalue weighted by atomic mass is 16.1. The van der Waals surface area contributed by atoms with Crippen LogP contribution in [0.1, 0.15) is 29.7 Å². The van der Waals surface area contributed by atoms with Crippen molar-refractivity contribution in [1.82, 2.24) is 14.8 Å². The number of carbonyl (C=O) groups is 1. The molecule has 0 saturated heterocycles. The first-order valence-corrected chi connectivity index (χ1v) is 9.52. The molecule has 0 radical (unpaired) electrons. The first-order valence-electron chi connectivity index (χ1n) is 9.52. The minimum absolute atomic E-state index is 0.161. The van der Waals surface area contributed by atoms with E-state index in [-0.39, 0.29) is 11.9 Å². The lowest BCUT2D eigenvalue weighted by molar-refractivity contribution is -0.113. The molecule has 1 atom stereocenters. The van der Waals surface area contributed by atoms with Gasteiger partial charge in [0.15, 0.2) is 0 Å². The highest BCUT2D eigenvalue weighted by Gasteiger charge is 2.30. The zero-order chi connectivity index (χ0) is 20.4. The molecule has 29 heavy (non-hydrogen) atoms. The molecule has 2 heterocycles. The number of rotatable bonds is 4. The van der Waals surface area contributed by atoms with E-state index >= 15 is 0 Å². The van der Waals surface area contributed by atoms with Crippen LogP contribution in [0.5, 0.6) is 0 Å². The third-order valence-electron chi connectivity index (χ3n) is 4.98. The Bertz CT molecular complexity index is 1110. The van der Waals surface area contributed by atoms with Gasteiger partial charge in [0.25, 0.3) is 5.91 Å². The molecule has 0 bridgehead atoms. The van der Waals surface area contributed by atoms with E-state index in [0.29, 0.717) is 11.5 Å². The number of anilines is 2. The number of nitrogens with zero attached hydrogens (tertiary/aromatic N) is 3. The number of benzene rings is 2. The van der Waals surface area contributed by atoms with Crippen molar-refractivity contribution in [2.24, 2.45) is 0 Å². The van der Waals surface area contributed by atoms with Gasteiger partial charge in [0, 0.05) is 11.4 Å². The second kappa shape index (κ2) is 7.75. The summed E-state index contributed by atoms with van der Waals surface area (Å²) in [7, 11) is 0. The molecule has 0 fully saturated rings. The van der Waals surface area contributed by atoms with Crippen molar-refractivity contribution in [3.63, 3.8) is 0 Å². The van der Waals surface area contributed by atoms with Crippen molar-refractivity contribution in [1.29, 1.82) is 0 Å². The number of hydrogen-bond donors (Lipinski definition) is 2. The average Bonchev–Trinajstić information content (AvgIpc) is 3.16. The van der Waals surface area contributed by atoms with Crippen molar-refractivity contribution in [3.8, 4) is 0 Å². The Labute approximate surface area is 170 Å². The summed E-state index contributed by atoms with van der Waals surface area (Å²) in [6, 6.07) is 15.6. The molecule has 2 aromatic carbocycles. The summed E-state index contributed by atoms with van der Waals surface area (Å²) in [5, 5.41) is 10.6. The highest BCUT2D eigenvalue weighted by molar-refractivity contribution is 6.06. The fourth-order valence-corrected chi connectivity index (χ4v) is 3.51. The fourth-order valence-electron chi connectivity index (χ4n) is 3.51. The van der Waals surface area contributed by atoms with Crippen LogP contribution in [-0.2, 0) is 4.79 Å². The van der Waals surface area contributed by atoms with E-state index in [9.17, 15) is 4.79 Å². The number of hydrogen-bond acceptors (Lipinski definition) is 4. The Morgan fingerprint density at radius 2 is 1.93 bits per heavy atom. The standard InChI is InChI=1S/C23H23N5O/c1-15-9-11-19(16(2)13-15)27-22(29)21-17(3)26-23-24-14-25-28(23)20(21)12-10-18-7-5-4-6-8-18/h4-14,20H,1-3H3,(H,27,29)(H,24,25,26). The second-order valence-corrected chi connectivity index (χ2v) is 7.18. The maximum Gasteiger partial charge on any atom is 0.255 e. The molecule has 6 heteroatoms. The number of allylic oxidation sites excluding steroid dienone is 2. The molecule has 3 aromatic rings. The van der Waals surface area contributed by atoms with Gasteiger partial charge >= 0.3 is 0 Å². The summed E-state index contributed by atoms with van der Waals surface area (Å²) >= 11 is 0. The van der Waals surface area contributed by atoms with Gasteiger partial charge in [-0.3, -0.25) is 4.79 Å². The van der Waals surface area contributed by atoms with E-state index in [2.05, 4.69) is 26.8 Å². The summed E-state index contributed by atoms with van der Waals surface area (Å²) < 4.78 is 1.73. The number of aryl methyl sites for hydroxylation is 2. The van der Waals surface area contributed by atoms with Gasteiger partial charge in [-0.1, -0.05) is 60.2 Å². The molecular weight excluding hydrogens is 362 g/mol. The second-order valence-electron chi connectivity index (χ2n) is 7.18. The van der Waals surface area contributed by atoms with Crippen molar-refractivity contribution in [2.45, 2.75) is 26.8 Å². The molecule has 0 saturated carbocycles. The van der Waals surface area contributed by atoms with Crippen molar-refractivity contribution in [2.75, 3.05) is 10.6 Å². The number of nitrogens with one attached hydrogen (secondary N) is 2. The van der Waals surface area contributed by atoms with Gasteiger partial charge < -0.3 is 10.6 Å². The summed E-state index contributed by atoms with van der Waals surface area (Å²) in [5.74, 6) is 0.457. The van der Waals surface area contributed by atoms with Gasteiger partial charge in [0.05, 0.1) is 5.57 Å². The van der Waals surface area contributed by atoms with Crippen molar-refractivity contribution in [3.05, 3.63) is 88.9 Å². The van der Waals surface area contributed by atoms with Gasteiger partial charge in [-0.15, -0.1) is 0 Å². The third-order valence-corrected chi connectivity index (χ3v) is 4.98. The first-order chi connectivity index (χ1) is 14.0. The van der Waals surface area contributed by atoms with Crippen LogP contribution < -0.4 is 10.6 Å². The molecular formula is C23H23N5O. The maximum absolute atomic E-state index is 13.3. The minimum Gasteiger partial charge on any atom is -0.328 e. The lowest BCUT2D eigenvalue weighted by atomic mass is 10.0. The maximum atomic E-state index is 13.3. The zero-order valence-electron chi connectivity index (χ0n) is 16.7. The molecule has 0 aliphatic carbocycles. The smallest absolute Gasteiger partial charge is 0.255 e. The van der Waals surface area contributed by atoms with Crippen LogP contribution in [0.4, 0.5) is 11.6 Å². The summed E-state index contributed by atoms with van der Waals surface area (Å²) in [5.41, 5.74) is 5.41. The minimum atomic E-state index is -0.361. The highest BCUT2D eigenvalue weighted by Crippen LogP contribution is 2.32. The molecule has 2 N–H and O–H groups in total. The largest absolute Gasteiger partial charge is 0.328 e. The van der Waals surface area contributed by atoms with E-state index in [1.807, 2.05) is 75.4 Å². The van der Waals surface area contributed by atoms with Gasteiger partial charge in [0.2, 0.25) is 5.95 Å². The quantitative estimate of drug-likeness (QED) is 0.694. The lowest BCUT2D eigenvalue weighted by Crippen LogP contribution is -2.30.